The van der Waals surface area contributed by atoms with Crippen LogP contribution < -0.4 is 0 Å². The largest absolute Gasteiger partial charge is 0.466 e. The van der Waals surface area contributed by atoms with Gasteiger partial charge in [0.2, 0.25) is 0 Å². The van der Waals surface area contributed by atoms with Crippen LogP contribution in [0.4, 0.5) is 0 Å². The van der Waals surface area contributed by atoms with E-state index in [9.17, 15) is 35.1 Å². The van der Waals surface area contributed by atoms with Crippen molar-refractivity contribution in [2.45, 2.75) is 56.2 Å². The molecule has 0 heterocycles. The van der Waals surface area contributed by atoms with Crippen molar-refractivity contribution >= 4 is 11.9 Å². The second-order valence-corrected chi connectivity index (χ2v) is 8.70. The maximum atomic E-state index is 12.5. The molecule has 0 aliphatic heterocycles. The molecule has 0 spiro atoms. The van der Waals surface area contributed by atoms with E-state index >= 15 is 0 Å². The van der Waals surface area contributed by atoms with Crippen molar-refractivity contribution < 1.29 is 49.7 Å². The fourth-order valence-corrected chi connectivity index (χ4v) is 5.10. The summed E-state index contributed by atoms with van der Waals surface area (Å²) in [5.41, 5.74) is -3.58. The van der Waals surface area contributed by atoms with Gasteiger partial charge in [-0.25, -0.2) is 9.59 Å². The average molecular weight is 444 g/mol. The number of methoxy groups -OCH3 is 1. The van der Waals surface area contributed by atoms with Crippen molar-refractivity contribution in [2.24, 2.45) is 17.3 Å². The van der Waals surface area contributed by atoms with E-state index in [4.69, 9.17) is 9.84 Å². The van der Waals surface area contributed by atoms with Gasteiger partial charge in [0, 0.05) is 16.9 Å². The van der Waals surface area contributed by atoms with E-state index in [1.54, 1.807) is 6.92 Å². The maximum Gasteiger partial charge on any atom is 0.336 e. The van der Waals surface area contributed by atoms with Gasteiger partial charge < -0.3 is 40.1 Å². The first-order valence-electron chi connectivity index (χ1n) is 10.0. The molecular formula is C21H32O10. The lowest BCUT2D eigenvalue weighted by atomic mass is 9.49. The first kappa shape index (κ1) is 25.4. The Morgan fingerprint density at radius 2 is 1.81 bits per heavy atom. The van der Waals surface area contributed by atoms with Crippen molar-refractivity contribution in [2.75, 3.05) is 20.3 Å². The Hall–Kier alpha value is -1.82. The summed E-state index contributed by atoms with van der Waals surface area (Å²) in [5, 5.41) is 61.6. The molecule has 0 bridgehead atoms. The van der Waals surface area contributed by atoms with E-state index in [0.29, 0.717) is 0 Å². The first-order valence-corrected chi connectivity index (χ1v) is 10.0. The fourth-order valence-electron chi connectivity index (χ4n) is 5.10. The zero-order valence-electron chi connectivity index (χ0n) is 17.7. The Morgan fingerprint density at radius 1 is 1.19 bits per heavy atom. The standard InChI is InChI=1S/C21H32O10/c1-10(12(24)8-22)19(28)31-13-7-20(3)14(25)5-6-21(29,9-23)17(20)16(26)15(13)11(2)18(27)30-4/h12-17,22-26,29H,1-2,5-9H2,3-4H3/t12-,13+,14+,15+,16+,17+,20+,21-/m1/s1. The number of ether oxygens (including phenoxy) is 2. The smallest absolute Gasteiger partial charge is 0.336 e. The number of fused-ring (bicyclic) bond motifs is 1. The number of hydrogen-bond donors (Lipinski definition) is 6. The molecule has 0 radical (unpaired) electrons. The minimum absolute atomic E-state index is 0.0172. The molecule has 10 heteroatoms. The summed E-state index contributed by atoms with van der Waals surface area (Å²) in [6.07, 6.45) is -5.24. The predicted octanol–water partition coefficient (Wildman–Crippen LogP) is -1.58. The van der Waals surface area contributed by atoms with E-state index in [1.165, 1.54) is 0 Å². The highest BCUT2D eigenvalue weighted by atomic mass is 16.5. The molecule has 2 aliphatic carbocycles. The van der Waals surface area contributed by atoms with Crippen LogP contribution in [0.5, 0.6) is 0 Å². The first-order chi connectivity index (χ1) is 14.4. The van der Waals surface area contributed by atoms with Crippen molar-refractivity contribution in [3.8, 4) is 0 Å². The van der Waals surface area contributed by atoms with Crippen LogP contribution in [0.3, 0.4) is 0 Å². The van der Waals surface area contributed by atoms with Gasteiger partial charge in [-0.15, -0.1) is 0 Å². The average Bonchev–Trinajstić information content (AvgIpc) is 2.74. The fraction of sp³-hybridized carbons (Fsp3) is 0.714. The van der Waals surface area contributed by atoms with E-state index in [1.807, 2.05) is 0 Å². The Balaban J connectivity index is 2.50. The molecular weight excluding hydrogens is 412 g/mol. The molecule has 10 nitrogen and oxygen atoms in total. The number of hydrogen-bond acceptors (Lipinski definition) is 10. The molecule has 31 heavy (non-hydrogen) atoms. The zero-order chi connectivity index (χ0) is 23.7. The third-order valence-corrected chi connectivity index (χ3v) is 6.87. The molecule has 2 fully saturated rings. The Morgan fingerprint density at radius 3 is 2.32 bits per heavy atom. The highest BCUT2D eigenvalue weighted by Gasteiger charge is 2.64. The molecule has 176 valence electrons. The molecule has 0 aromatic rings. The van der Waals surface area contributed by atoms with Crippen LogP contribution in [0, 0.1) is 17.3 Å². The maximum absolute atomic E-state index is 12.5. The molecule has 6 N–H and O–H groups in total. The number of carbonyl (C=O) groups excluding carboxylic acids is 2. The highest BCUT2D eigenvalue weighted by Crippen LogP contribution is 2.57. The summed E-state index contributed by atoms with van der Waals surface area (Å²) in [5.74, 6) is -4.23. The van der Waals surface area contributed by atoms with E-state index in [-0.39, 0.29) is 24.8 Å². The van der Waals surface area contributed by atoms with Crippen LogP contribution in [-0.4, -0.2) is 92.9 Å². The number of aliphatic hydroxyl groups excluding tert-OH is 5. The molecule has 8 atom stereocenters. The van der Waals surface area contributed by atoms with Gasteiger partial charge in [-0.2, -0.15) is 0 Å². The lowest BCUT2D eigenvalue weighted by molar-refractivity contribution is -0.249. The minimum atomic E-state index is -1.74. The molecule has 0 unspecified atom stereocenters. The van der Waals surface area contributed by atoms with Crippen molar-refractivity contribution in [3.05, 3.63) is 24.3 Å². The third-order valence-electron chi connectivity index (χ3n) is 6.87. The van der Waals surface area contributed by atoms with Crippen molar-refractivity contribution in [1.82, 2.24) is 0 Å². The normalized spacial score (nSPS) is 38.5. The molecule has 0 aromatic heterocycles. The van der Waals surface area contributed by atoms with Crippen molar-refractivity contribution in [3.63, 3.8) is 0 Å². The van der Waals surface area contributed by atoms with E-state index < -0.39 is 78.0 Å². The monoisotopic (exact) mass is 444 g/mol. The Kier molecular flexibility index (Phi) is 7.68. The van der Waals surface area contributed by atoms with Gasteiger partial charge in [0.15, 0.2) is 0 Å². The molecule has 0 saturated heterocycles. The number of esters is 2. The molecule has 2 saturated carbocycles. The summed E-state index contributed by atoms with van der Waals surface area (Å²) < 4.78 is 10.1. The summed E-state index contributed by atoms with van der Waals surface area (Å²) in [4.78, 5) is 24.7. The van der Waals surface area contributed by atoms with Crippen LogP contribution in [0.15, 0.2) is 24.3 Å². The van der Waals surface area contributed by atoms with Gasteiger partial charge in [-0.1, -0.05) is 20.1 Å². The molecule has 0 aromatic carbocycles. The van der Waals surface area contributed by atoms with Gasteiger partial charge in [0.05, 0.1) is 49.6 Å². The summed E-state index contributed by atoms with van der Waals surface area (Å²) in [6.45, 7) is 7.21. The summed E-state index contributed by atoms with van der Waals surface area (Å²) in [6, 6.07) is 0. The SMILES string of the molecule is C=C(C(=O)OC)[C@@H]1[C@H](O)[C@@H]2[C@](O)(CO)CC[C@H](O)[C@]2(C)C[C@@H]1OC(=O)C(=C)[C@H](O)CO. The minimum Gasteiger partial charge on any atom is -0.466 e. The van der Waals surface area contributed by atoms with Crippen LogP contribution in [0.2, 0.25) is 0 Å². The predicted molar refractivity (Wildman–Crippen MR) is 106 cm³/mol. The lowest BCUT2D eigenvalue weighted by Crippen LogP contribution is -2.68. The van der Waals surface area contributed by atoms with Crippen molar-refractivity contribution in [1.29, 1.82) is 0 Å². The quantitative estimate of drug-likeness (QED) is 0.199. The van der Waals surface area contributed by atoms with Gasteiger partial charge in [-0.3, -0.25) is 0 Å². The van der Waals surface area contributed by atoms with E-state index in [0.717, 1.165) is 7.11 Å². The van der Waals surface area contributed by atoms with Crippen LogP contribution in [0.25, 0.3) is 0 Å². The van der Waals surface area contributed by atoms with Crippen LogP contribution >= 0.6 is 0 Å². The Bertz CT molecular complexity index is 736. The number of aliphatic hydroxyl groups is 6. The topological polar surface area (TPSA) is 174 Å². The number of carbonyl (C=O) groups is 2. The lowest BCUT2D eigenvalue weighted by Gasteiger charge is -2.60. The van der Waals surface area contributed by atoms with Gasteiger partial charge >= 0.3 is 11.9 Å². The van der Waals surface area contributed by atoms with Crippen LogP contribution in [0.1, 0.15) is 26.2 Å². The van der Waals surface area contributed by atoms with Gasteiger partial charge in [0.1, 0.15) is 12.2 Å². The molecule has 2 rings (SSSR count). The second-order valence-electron chi connectivity index (χ2n) is 8.70. The second kappa shape index (κ2) is 9.35. The third kappa shape index (κ3) is 4.41. The van der Waals surface area contributed by atoms with Gasteiger partial charge in [-0.05, 0) is 19.3 Å². The summed E-state index contributed by atoms with van der Waals surface area (Å²) >= 11 is 0. The van der Waals surface area contributed by atoms with Gasteiger partial charge in [0.25, 0.3) is 0 Å². The zero-order valence-corrected chi connectivity index (χ0v) is 17.7. The van der Waals surface area contributed by atoms with Crippen LogP contribution in [-0.2, 0) is 19.1 Å². The molecule has 2 aliphatic rings. The molecule has 0 amide bonds. The summed E-state index contributed by atoms with van der Waals surface area (Å²) in [7, 11) is 1.11. The number of rotatable bonds is 7. The highest BCUT2D eigenvalue weighted by molar-refractivity contribution is 5.90. The van der Waals surface area contributed by atoms with E-state index in [2.05, 4.69) is 17.9 Å². The Labute approximate surface area is 180 Å².